The maximum absolute atomic E-state index is 9.51. The average molecular weight is 382 g/mol. The Morgan fingerprint density at radius 2 is 1.42 bits per heavy atom. The Morgan fingerprint density at radius 1 is 0.846 bits per heavy atom. The van der Waals surface area contributed by atoms with Crippen LogP contribution in [-0.2, 0) is 0 Å². The maximum Gasteiger partial charge on any atom is 0.141 e. The van der Waals surface area contributed by atoms with Gasteiger partial charge in [-0.2, -0.15) is 5.26 Å². The van der Waals surface area contributed by atoms with Gasteiger partial charge in [0.05, 0.1) is 5.02 Å². The molecule has 0 unspecified atom stereocenters. The van der Waals surface area contributed by atoms with Crippen LogP contribution in [-0.4, -0.2) is 20.2 Å². The van der Waals surface area contributed by atoms with Crippen LogP contribution in [0.2, 0.25) is 5.02 Å². The van der Waals surface area contributed by atoms with Crippen molar-refractivity contribution >= 4 is 45.2 Å². The molecule has 0 atom stereocenters. The second-order valence-electron chi connectivity index (χ2n) is 5.14. The zero-order valence-corrected chi connectivity index (χ0v) is 14.9. The van der Waals surface area contributed by atoms with E-state index >= 15 is 0 Å². The van der Waals surface area contributed by atoms with E-state index in [1.54, 1.807) is 42.7 Å². The smallest absolute Gasteiger partial charge is 0.141 e. The van der Waals surface area contributed by atoms with E-state index in [1.165, 1.54) is 6.07 Å². The number of hydrogen-bond donors (Lipinski definition) is 2. The molecule has 7 heteroatoms. The lowest BCUT2D eigenvalue weighted by Gasteiger charge is -2.02. The predicted octanol–water partition coefficient (Wildman–Crippen LogP) is 5.11. The molecule has 5 nitrogen and oxygen atoms in total. The highest BCUT2D eigenvalue weighted by atomic mass is 35.5. The summed E-state index contributed by atoms with van der Waals surface area (Å²) in [5.74, 6) is 0.304. The minimum atomic E-state index is 0.142. The van der Waals surface area contributed by atoms with Crippen LogP contribution in [0.5, 0.6) is 11.5 Å². The van der Waals surface area contributed by atoms with Gasteiger partial charge in [0.15, 0.2) is 0 Å². The van der Waals surface area contributed by atoms with Gasteiger partial charge >= 0.3 is 0 Å². The number of rotatable bonds is 1. The second-order valence-corrected chi connectivity index (χ2v) is 6.38. The summed E-state index contributed by atoms with van der Waals surface area (Å²) in [4.78, 5) is 8.87. The van der Waals surface area contributed by atoms with Gasteiger partial charge in [0.25, 0.3) is 0 Å². The molecular weight excluding hydrogens is 370 g/mol. The van der Waals surface area contributed by atoms with E-state index in [9.17, 15) is 10.2 Å². The van der Waals surface area contributed by atoms with Crippen molar-refractivity contribution in [3.8, 4) is 16.9 Å². The molecule has 2 aromatic carbocycles. The molecule has 0 saturated heterocycles. The summed E-state index contributed by atoms with van der Waals surface area (Å²) in [7, 11) is 0. The molecule has 0 aliphatic rings. The number of phenolic OH excluding ortho intramolecular Hbond substituents is 2. The largest absolute Gasteiger partial charge is 0.506 e. The maximum atomic E-state index is 9.51. The van der Waals surface area contributed by atoms with Gasteiger partial charge in [-0.15, -0.1) is 0 Å². The van der Waals surface area contributed by atoms with Crippen molar-refractivity contribution in [1.29, 1.82) is 5.26 Å². The SMILES string of the molecule is N#CSc1ccc(O)c2ncccc12.Oc1ccc(Cl)c2cccnc12. The summed E-state index contributed by atoms with van der Waals surface area (Å²) in [6.07, 6.45) is 3.24. The van der Waals surface area contributed by atoms with Gasteiger partial charge < -0.3 is 10.2 Å². The van der Waals surface area contributed by atoms with E-state index in [-0.39, 0.29) is 11.5 Å². The number of pyridine rings is 2. The van der Waals surface area contributed by atoms with E-state index in [1.807, 2.05) is 17.5 Å². The first-order chi connectivity index (χ1) is 12.6. The molecule has 26 heavy (non-hydrogen) atoms. The van der Waals surface area contributed by atoms with Crippen molar-refractivity contribution in [2.75, 3.05) is 0 Å². The molecule has 4 rings (SSSR count). The lowest BCUT2D eigenvalue weighted by atomic mass is 10.2. The number of thioether (sulfide) groups is 1. The molecule has 0 amide bonds. The summed E-state index contributed by atoms with van der Waals surface area (Å²) >= 11 is 6.95. The fourth-order valence-electron chi connectivity index (χ4n) is 2.39. The molecule has 2 N–H and O–H groups in total. The number of phenols is 2. The lowest BCUT2D eigenvalue weighted by molar-refractivity contribution is 0.479. The van der Waals surface area contributed by atoms with Gasteiger partial charge in [0.1, 0.15) is 27.9 Å². The average Bonchev–Trinajstić information content (AvgIpc) is 2.68. The minimum absolute atomic E-state index is 0.142. The summed E-state index contributed by atoms with van der Waals surface area (Å²) < 4.78 is 0. The fourth-order valence-corrected chi connectivity index (χ4v) is 3.12. The van der Waals surface area contributed by atoms with E-state index in [0.717, 1.165) is 27.4 Å². The van der Waals surface area contributed by atoms with Gasteiger partial charge in [0.2, 0.25) is 0 Å². The van der Waals surface area contributed by atoms with Gasteiger partial charge in [-0.3, -0.25) is 9.97 Å². The van der Waals surface area contributed by atoms with Gasteiger partial charge in [-0.05, 0) is 60.3 Å². The highest BCUT2D eigenvalue weighted by Gasteiger charge is 2.05. The minimum Gasteiger partial charge on any atom is -0.506 e. The number of hydrogen-bond acceptors (Lipinski definition) is 6. The quantitative estimate of drug-likeness (QED) is 0.352. The number of aromatic hydroxyl groups is 2. The van der Waals surface area contributed by atoms with Crippen molar-refractivity contribution < 1.29 is 10.2 Å². The summed E-state index contributed by atoms with van der Waals surface area (Å²) in [6, 6.07) is 13.7. The van der Waals surface area contributed by atoms with Crippen molar-refractivity contribution in [2.24, 2.45) is 0 Å². The van der Waals surface area contributed by atoms with Crippen molar-refractivity contribution in [3.05, 3.63) is 65.9 Å². The zero-order valence-electron chi connectivity index (χ0n) is 13.3. The molecule has 0 fully saturated rings. The Kier molecular flexibility index (Phi) is 5.42. The van der Waals surface area contributed by atoms with Crippen LogP contribution in [0.25, 0.3) is 21.8 Å². The first-order valence-electron chi connectivity index (χ1n) is 7.46. The topological polar surface area (TPSA) is 90.0 Å². The molecular formula is C19H12ClN3O2S. The van der Waals surface area contributed by atoms with E-state index in [0.29, 0.717) is 16.1 Å². The first kappa shape index (κ1) is 17.8. The molecule has 0 aliphatic heterocycles. The summed E-state index contributed by atoms with van der Waals surface area (Å²) in [6.45, 7) is 0. The molecule has 4 aromatic rings. The Balaban J connectivity index is 0.000000152. The normalized spacial score (nSPS) is 10.2. The molecule has 2 aromatic heterocycles. The number of fused-ring (bicyclic) bond motifs is 2. The van der Waals surface area contributed by atoms with Crippen LogP contribution in [0, 0.1) is 10.7 Å². The van der Waals surface area contributed by atoms with E-state index in [2.05, 4.69) is 9.97 Å². The third kappa shape index (κ3) is 3.64. The summed E-state index contributed by atoms with van der Waals surface area (Å²) in [5, 5.41) is 31.7. The Labute approximate surface area is 158 Å². The Hall–Kier alpha value is -3.01. The van der Waals surface area contributed by atoms with Crippen LogP contribution in [0.3, 0.4) is 0 Å². The third-order valence-corrected chi connectivity index (χ3v) is 4.56. The Morgan fingerprint density at radius 3 is 2.04 bits per heavy atom. The monoisotopic (exact) mass is 381 g/mol. The fraction of sp³-hybridized carbons (Fsp3) is 0. The Bertz CT molecular complexity index is 1090. The number of benzene rings is 2. The van der Waals surface area contributed by atoms with Crippen LogP contribution in [0.15, 0.2) is 65.8 Å². The molecule has 0 spiro atoms. The molecule has 0 radical (unpaired) electrons. The van der Waals surface area contributed by atoms with Crippen molar-refractivity contribution in [2.45, 2.75) is 4.90 Å². The van der Waals surface area contributed by atoms with Crippen LogP contribution in [0.1, 0.15) is 0 Å². The number of nitriles is 1. The van der Waals surface area contributed by atoms with Crippen LogP contribution in [0.4, 0.5) is 0 Å². The molecule has 0 bridgehead atoms. The second kappa shape index (κ2) is 7.91. The number of nitrogens with zero attached hydrogens (tertiary/aromatic N) is 3. The zero-order chi connectivity index (χ0) is 18.5. The third-order valence-electron chi connectivity index (χ3n) is 3.56. The molecule has 2 heterocycles. The van der Waals surface area contributed by atoms with Crippen molar-refractivity contribution in [1.82, 2.24) is 9.97 Å². The highest BCUT2D eigenvalue weighted by Crippen LogP contribution is 2.31. The lowest BCUT2D eigenvalue weighted by Crippen LogP contribution is -1.80. The van der Waals surface area contributed by atoms with Gasteiger partial charge in [-0.25, -0.2) is 0 Å². The van der Waals surface area contributed by atoms with E-state index in [4.69, 9.17) is 16.9 Å². The van der Waals surface area contributed by atoms with Crippen LogP contribution >= 0.6 is 23.4 Å². The summed E-state index contributed by atoms with van der Waals surface area (Å²) in [5.41, 5.74) is 1.08. The van der Waals surface area contributed by atoms with Crippen molar-refractivity contribution in [3.63, 3.8) is 0 Å². The first-order valence-corrected chi connectivity index (χ1v) is 8.66. The van der Waals surface area contributed by atoms with E-state index < -0.39 is 0 Å². The predicted molar refractivity (Wildman–Crippen MR) is 103 cm³/mol. The number of thiocyanates is 1. The van der Waals surface area contributed by atoms with Gasteiger partial charge in [0, 0.05) is 28.1 Å². The van der Waals surface area contributed by atoms with Gasteiger partial charge in [-0.1, -0.05) is 11.6 Å². The standard InChI is InChI=1S/C10H6N2OS.C9H6ClNO/c11-6-14-9-4-3-8(13)10-7(9)2-1-5-12-10;10-7-3-4-8(12)9-6(7)2-1-5-11-9/h1-5,13H;1-5,12H. The van der Waals surface area contributed by atoms with Crippen LogP contribution < -0.4 is 0 Å². The molecule has 0 aliphatic carbocycles. The molecule has 0 saturated carbocycles. The highest BCUT2D eigenvalue weighted by molar-refractivity contribution is 8.04. The number of halogens is 1. The molecule has 128 valence electrons. The number of aromatic nitrogens is 2.